The SMILES string of the molecule is CCOc1cc(CNCCCN(C)C)cc(Br)c1OCc1ccc(C)cc1. The van der Waals surface area contributed by atoms with Crippen LogP contribution in [0, 0.1) is 6.92 Å². The van der Waals surface area contributed by atoms with Crippen molar-refractivity contribution >= 4 is 15.9 Å². The van der Waals surface area contributed by atoms with Crippen LogP contribution in [0.15, 0.2) is 40.9 Å². The van der Waals surface area contributed by atoms with Gasteiger partial charge in [-0.3, -0.25) is 0 Å². The normalized spacial score (nSPS) is 11.0. The maximum atomic E-state index is 6.07. The van der Waals surface area contributed by atoms with E-state index < -0.39 is 0 Å². The molecule has 2 rings (SSSR count). The molecule has 0 heterocycles. The second kappa shape index (κ2) is 11.3. The van der Waals surface area contributed by atoms with E-state index in [1.807, 2.05) is 6.92 Å². The number of nitrogens with zero attached hydrogens (tertiary/aromatic N) is 1. The van der Waals surface area contributed by atoms with Crippen molar-refractivity contribution in [2.24, 2.45) is 0 Å². The van der Waals surface area contributed by atoms with Crippen LogP contribution in [-0.4, -0.2) is 38.7 Å². The van der Waals surface area contributed by atoms with E-state index in [4.69, 9.17) is 9.47 Å². The van der Waals surface area contributed by atoms with Crippen molar-refractivity contribution in [3.8, 4) is 11.5 Å². The van der Waals surface area contributed by atoms with Crippen molar-refractivity contribution in [2.75, 3.05) is 33.8 Å². The van der Waals surface area contributed by atoms with Gasteiger partial charge in [0.05, 0.1) is 11.1 Å². The zero-order chi connectivity index (χ0) is 19.6. The van der Waals surface area contributed by atoms with Crippen molar-refractivity contribution in [3.63, 3.8) is 0 Å². The molecule has 27 heavy (non-hydrogen) atoms. The zero-order valence-electron chi connectivity index (χ0n) is 16.8. The Morgan fingerprint density at radius 3 is 2.44 bits per heavy atom. The van der Waals surface area contributed by atoms with Crippen molar-refractivity contribution < 1.29 is 9.47 Å². The average Bonchev–Trinajstić information content (AvgIpc) is 2.62. The third kappa shape index (κ3) is 7.53. The van der Waals surface area contributed by atoms with Crippen molar-refractivity contribution in [3.05, 3.63) is 57.6 Å². The van der Waals surface area contributed by atoms with Crippen LogP contribution in [0.2, 0.25) is 0 Å². The summed E-state index contributed by atoms with van der Waals surface area (Å²) in [6.07, 6.45) is 1.13. The van der Waals surface area contributed by atoms with Crippen molar-refractivity contribution in [1.29, 1.82) is 0 Å². The first kappa shape index (κ1) is 21.7. The minimum Gasteiger partial charge on any atom is -0.490 e. The molecule has 0 saturated heterocycles. The molecule has 0 atom stereocenters. The average molecular weight is 435 g/mol. The number of hydrogen-bond acceptors (Lipinski definition) is 4. The molecule has 0 saturated carbocycles. The van der Waals surface area contributed by atoms with Crippen LogP contribution in [0.25, 0.3) is 0 Å². The van der Waals surface area contributed by atoms with Gasteiger partial charge in [-0.15, -0.1) is 0 Å². The molecule has 0 radical (unpaired) electrons. The maximum absolute atomic E-state index is 6.07. The molecule has 0 bridgehead atoms. The first-order valence-corrected chi connectivity index (χ1v) is 10.3. The van der Waals surface area contributed by atoms with Crippen LogP contribution in [-0.2, 0) is 13.2 Å². The summed E-state index contributed by atoms with van der Waals surface area (Å²) < 4.78 is 12.8. The Bertz CT molecular complexity index is 702. The molecule has 1 N–H and O–H groups in total. The second-order valence-electron chi connectivity index (χ2n) is 6.95. The van der Waals surface area contributed by atoms with Gasteiger partial charge in [0.1, 0.15) is 6.61 Å². The standard InChI is InChI=1S/C22H31BrN2O2/c1-5-26-21-14-19(15-24-11-6-12-25(3)4)13-20(23)22(21)27-16-18-9-7-17(2)8-10-18/h7-10,13-14,24H,5-6,11-12,15-16H2,1-4H3. The molecule has 0 aliphatic heterocycles. The lowest BCUT2D eigenvalue weighted by atomic mass is 10.1. The van der Waals surface area contributed by atoms with Gasteiger partial charge in [0, 0.05) is 6.54 Å². The lowest BCUT2D eigenvalue weighted by molar-refractivity contribution is 0.267. The molecule has 2 aromatic rings. The van der Waals surface area contributed by atoms with Gasteiger partial charge in [-0.25, -0.2) is 0 Å². The molecule has 0 spiro atoms. The number of aryl methyl sites for hydroxylation is 1. The summed E-state index contributed by atoms with van der Waals surface area (Å²) in [4.78, 5) is 2.20. The Labute approximate surface area is 172 Å². The highest BCUT2D eigenvalue weighted by molar-refractivity contribution is 9.10. The molecule has 0 aliphatic carbocycles. The summed E-state index contributed by atoms with van der Waals surface area (Å²) in [5.41, 5.74) is 3.57. The van der Waals surface area contributed by atoms with Gasteiger partial charge in [0.25, 0.3) is 0 Å². The molecule has 148 valence electrons. The van der Waals surface area contributed by atoms with Gasteiger partial charge in [-0.05, 0) is 86.6 Å². The van der Waals surface area contributed by atoms with Gasteiger partial charge in [-0.1, -0.05) is 29.8 Å². The second-order valence-corrected chi connectivity index (χ2v) is 7.80. The fourth-order valence-electron chi connectivity index (χ4n) is 2.72. The van der Waals surface area contributed by atoms with Crippen molar-refractivity contribution in [2.45, 2.75) is 33.4 Å². The Morgan fingerprint density at radius 2 is 1.78 bits per heavy atom. The van der Waals surface area contributed by atoms with E-state index in [-0.39, 0.29) is 0 Å². The van der Waals surface area contributed by atoms with Gasteiger partial charge < -0.3 is 19.7 Å². The van der Waals surface area contributed by atoms with E-state index in [2.05, 4.69) is 83.6 Å². The Hall–Kier alpha value is -1.56. The molecule has 4 nitrogen and oxygen atoms in total. The summed E-state index contributed by atoms with van der Waals surface area (Å²) in [6, 6.07) is 12.6. The highest BCUT2D eigenvalue weighted by atomic mass is 79.9. The van der Waals surface area contributed by atoms with Gasteiger partial charge in [0.15, 0.2) is 11.5 Å². The summed E-state index contributed by atoms with van der Waals surface area (Å²) in [7, 11) is 4.20. The maximum Gasteiger partial charge on any atom is 0.175 e. The van der Waals surface area contributed by atoms with E-state index >= 15 is 0 Å². The summed E-state index contributed by atoms with van der Waals surface area (Å²) in [6.45, 7) is 8.09. The topological polar surface area (TPSA) is 33.7 Å². The zero-order valence-corrected chi connectivity index (χ0v) is 18.4. The number of benzene rings is 2. The predicted molar refractivity (Wildman–Crippen MR) is 116 cm³/mol. The van der Waals surface area contributed by atoms with Crippen LogP contribution < -0.4 is 14.8 Å². The lowest BCUT2D eigenvalue weighted by Gasteiger charge is -2.16. The van der Waals surface area contributed by atoms with Crippen LogP contribution >= 0.6 is 15.9 Å². The largest absolute Gasteiger partial charge is 0.490 e. The number of ether oxygens (including phenoxy) is 2. The van der Waals surface area contributed by atoms with E-state index in [9.17, 15) is 0 Å². The van der Waals surface area contributed by atoms with Crippen molar-refractivity contribution in [1.82, 2.24) is 10.2 Å². The molecule has 0 unspecified atom stereocenters. The van der Waals surface area contributed by atoms with Crippen LogP contribution in [0.3, 0.4) is 0 Å². The van der Waals surface area contributed by atoms with Gasteiger partial charge in [0.2, 0.25) is 0 Å². The predicted octanol–water partition coefficient (Wildman–Crippen LogP) is 4.78. The summed E-state index contributed by atoms with van der Waals surface area (Å²) in [5, 5.41) is 3.49. The molecule has 0 aromatic heterocycles. The molecular formula is C22H31BrN2O2. The summed E-state index contributed by atoms with van der Waals surface area (Å²) >= 11 is 3.66. The molecule has 0 amide bonds. The Morgan fingerprint density at radius 1 is 1.04 bits per heavy atom. The number of rotatable bonds is 11. The Kier molecular flexibility index (Phi) is 9.11. The van der Waals surface area contributed by atoms with Gasteiger partial charge in [-0.2, -0.15) is 0 Å². The Balaban J connectivity index is 2.00. The lowest BCUT2D eigenvalue weighted by Crippen LogP contribution is -2.21. The number of hydrogen-bond donors (Lipinski definition) is 1. The first-order chi connectivity index (χ1) is 13.0. The smallest absolute Gasteiger partial charge is 0.175 e. The fourth-order valence-corrected chi connectivity index (χ4v) is 3.32. The minimum absolute atomic E-state index is 0.515. The number of nitrogens with one attached hydrogen (secondary N) is 1. The monoisotopic (exact) mass is 434 g/mol. The summed E-state index contributed by atoms with van der Waals surface area (Å²) in [5.74, 6) is 1.54. The quantitative estimate of drug-likeness (QED) is 0.516. The minimum atomic E-state index is 0.515. The van der Waals surface area contributed by atoms with E-state index in [1.165, 1.54) is 11.1 Å². The van der Waals surface area contributed by atoms with Gasteiger partial charge >= 0.3 is 0 Å². The van der Waals surface area contributed by atoms with Crippen LogP contribution in [0.5, 0.6) is 11.5 Å². The highest BCUT2D eigenvalue weighted by Gasteiger charge is 2.12. The number of halogens is 1. The third-order valence-corrected chi connectivity index (χ3v) is 4.75. The molecular weight excluding hydrogens is 404 g/mol. The molecule has 0 aliphatic rings. The van der Waals surface area contributed by atoms with E-state index in [0.717, 1.165) is 47.6 Å². The third-order valence-electron chi connectivity index (χ3n) is 4.16. The fraction of sp³-hybridized carbons (Fsp3) is 0.455. The van der Waals surface area contributed by atoms with E-state index in [1.54, 1.807) is 0 Å². The van der Waals surface area contributed by atoms with Crippen LogP contribution in [0.1, 0.15) is 30.0 Å². The van der Waals surface area contributed by atoms with Crippen LogP contribution in [0.4, 0.5) is 0 Å². The molecule has 2 aromatic carbocycles. The first-order valence-electron chi connectivity index (χ1n) is 9.48. The molecule has 0 fully saturated rings. The van der Waals surface area contributed by atoms with E-state index in [0.29, 0.717) is 13.2 Å². The highest BCUT2D eigenvalue weighted by Crippen LogP contribution is 2.37. The molecule has 5 heteroatoms.